The topological polar surface area (TPSA) is 31.4 Å². The molecule has 0 N–H and O–H groups in total. The normalized spacial score (nSPS) is 13.6. The molecule has 1 aliphatic rings. The molecule has 0 bridgehead atoms. The molecule has 7 rings (SSSR count). The van der Waals surface area contributed by atoms with Crippen molar-refractivity contribution < 1.29 is 0 Å². The van der Waals surface area contributed by atoms with E-state index in [0.717, 1.165) is 21.9 Å². The zero-order valence-corrected chi connectivity index (χ0v) is 23.6. The van der Waals surface area contributed by atoms with E-state index in [1.165, 1.54) is 41.7 Å². The van der Waals surface area contributed by atoms with Crippen LogP contribution in [-0.2, 0) is 5.41 Å². The Balaban J connectivity index is 1.38. The fourth-order valence-electron chi connectivity index (χ4n) is 5.78. The average Bonchev–Trinajstić information content (AvgIpc) is 3.63. The van der Waals surface area contributed by atoms with Gasteiger partial charge in [-0.1, -0.05) is 56.3 Å². The first-order chi connectivity index (χ1) is 19.5. The molecule has 40 heavy (non-hydrogen) atoms. The molecule has 0 saturated carbocycles. The number of allylic oxidation sites excluding steroid dienone is 1. The molecule has 0 fully saturated rings. The summed E-state index contributed by atoms with van der Waals surface area (Å²) in [6, 6.07) is 36.9. The molecule has 0 aliphatic heterocycles. The summed E-state index contributed by atoms with van der Waals surface area (Å²) in [4.78, 5) is 7.85. The van der Waals surface area contributed by atoms with Crippen molar-refractivity contribution in [3.63, 3.8) is 0 Å². The van der Waals surface area contributed by atoms with Crippen LogP contribution in [0.1, 0.15) is 29.9 Å². The minimum Gasteiger partial charge on any atom is -0.310 e. The summed E-state index contributed by atoms with van der Waals surface area (Å²) in [5.74, 6) is 0. The van der Waals surface area contributed by atoms with Gasteiger partial charge in [-0.15, -0.1) is 22.7 Å². The predicted octanol–water partition coefficient (Wildman–Crippen LogP) is 10.7. The third-order valence-electron chi connectivity index (χ3n) is 7.75. The van der Waals surface area contributed by atoms with Crippen LogP contribution < -0.4 is 4.90 Å². The Morgan fingerprint density at radius 1 is 0.800 bits per heavy atom. The van der Waals surface area contributed by atoms with Crippen LogP contribution >= 0.6 is 22.7 Å². The number of benzene rings is 4. The van der Waals surface area contributed by atoms with Crippen molar-refractivity contribution in [2.75, 3.05) is 4.90 Å². The summed E-state index contributed by atoms with van der Waals surface area (Å²) in [6.07, 6.45) is 1.70. The van der Waals surface area contributed by atoms with E-state index in [4.69, 9.17) is 6.57 Å². The fourth-order valence-corrected chi connectivity index (χ4v) is 8.16. The Bertz CT molecular complexity index is 2050. The van der Waals surface area contributed by atoms with Crippen LogP contribution in [0.25, 0.3) is 41.5 Å². The van der Waals surface area contributed by atoms with E-state index in [1.54, 1.807) is 17.4 Å². The molecule has 1 aliphatic carbocycles. The molecule has 0 unspecified atom stereocenters. The second-order valence-electron chi connectivity index (χ2n) is 10.4. The summed E-state index contributed by atoms with van der Waals surface area (Å²) in [6.45, 7) is 11.8. The summed E-state index contributed by atoms with van der Waals surface area (Å²) in [7, 11) is 0. The van der Waals surface area contributed by atoms with Crippen LogP contribution in [0.4, 0.5) is 17.1 Å². The molecule has 5 heteroatoms. The van der Waals surface area contributed by atoms with Crippen LogP contribution in [0.5, 0.6) is 0 Å². The zero-order valence-electron chi connectivity index (χ0n) is 22.0. The highest BCUT2D eigenvalue weighted by molar-refractivity contribution is 7.25. The van der Waals surface area contributed by atoms with Crippen molar-refractivity contribution in [2.45, 2.75) is 19.3 Å². The Kier molecular flexibility index (Phi) is 5.61. The van der Waals surface area contributed by atoms with Gasteiger partial charge in [0.15, 0.2) is 0 Å². The first-order valence-electron chi connectivity index (χ1n) is 13.0. The minimum atomic E-state index is -0.204. The van der Waals surface area contributed by atoms with Gasteiger partial charge in [0.05, 0.1) is 12.6 Å². The molecule has 0 radical (unpaired) electrons. The number of thiophene rings is 2. The first-order valence-corrected chi connectivity index (χ1v) is 14.7. The van der Waals surface area contributed by atoms with Crippen molar-refractivity contribution in [1.82, 2.24) is 0 Å². The molecular weight excluding hydrogens is 527 g/mol. The van der Waals surface area contributed by atoms with Crippen LogP contribution in [0.3, 0.4) is 0 Å². The maximum Gasteiger partial charge on any atom is 0.263 e. The van der Waals surface area contributed by atoms with E-state index in [9.17, 15) is 5.26 Å². The number of hydrogen-bond acceptors (Lipinski definition) is 4. The largest absolute Gasteiger partial charge is 0.310 e. The Labute approximate surface area is 241 Å². The van der Waals surface area contributed by atoms with Gasteiger partial charge in [0, 0.05) is 52.4 Å². The lowest BCUT2D eigenvalue weighted by Gasteiger charge is -2.28. The highest BCUT2D eigenvalue weighted by Gasteiger charge is 2.37. The molecule has 0 saturated heterocycles. The molecule has 6 aromatic rings. The molecule has 2 aromatic heterocycles. The average molecular weight is 550 g/mol. The van der Waals surface area contributed by atoms with E-state index in [-0.39, 0.29) is 11.1 Å². The van der Waals surface area contributed by atoms with Gasteiger partial charge in [-0.25, -0.2) is 10.1 Å². The van der Waals surface area contributed by atoms with E-state index < -0.39 is 0 Å². The van der Waals surface area contributed by atoms with Crippen molar-refractivity contribution in [2.24, 2.45) is 0 Å². The quantitative estimate of drug-likeness (QED) is 0.162. The third-order valence-corrected chi connectivity index (χ3v) is 10.0. The van der Waals surface area contributed by atoms with Crippen LogP contribution in [0.15, 0.2) is 103 Å². The SMILES string of the molecule is [C-]#[N+]/C(C#N)=C\c1cc2c(s1)-c1ccc(N(c3ccccc3)c3ccc4sc5ccccc5c4c3)cc1C2(C)C. The highest BCUT2D eigenvalue weighted by Crippen LogP contribution is 2.54. The van der Waals surface area contributed by atoms with Gasteiger partial charge in [0.1, 0.15) is 0 Å². The Hall–Kier alpha value is -4.68. The van der Waals surface area contributed by atoms with Crippen molar-refractivity contribution in [1.29, 1.82) is 5.26 Å². The van der Waals surface area contributed by atoms with Gasteiger partial charge in [0.25, 0.3) is 5.70 Å². The second kappa shape index (κ2) is 9.21. The van der Waals surface area contributed by atoms with Crippen LogP contribution in [0, 0.1) is 17.9 Å². The third kappa shape index (κ3) is 3.75. The lowest BCUT2D eigenvalue weighted by atomic mass is 9.82. The number of hydrogen-bond donors (Lipinski definition) is 0. The van der Waals surface area contributed by atoms with Gasteiger partial charge in [-0.3, -0.25) is 0 Å². The Morgan fingerprint density at radius 3 is 2.33 bits per heavy atom. The van der Waals surface area contributed by atoms with Gasteiger partial charge in [-0.2, -0.15) is 0 Å². The Morgan fingerprint density at radius 2 is 1.52 bits per heavy atom. The summed E-state index contributed by atoms with van der Waals surface area (Å²) >= 11 is 3.49. The number of nitriles is 1. The summed E-state index contributed by atoms with van der Waals surface area (Å²) in [5, 5.41) is 11.8. The van der Waals surface area contributed by atoms with E-state index in [1.807, 2.05) is 17.4 Å². The standard InChI is InChI=1S/C35H23N3S2/c1-35(2)30-19-25(13-15-28(30)34-31(35)20-26(39-34)17-22(21-36)37-3)38(23-9-5-4-6-10-23)24-14-16-33-29(18-24)27-11-7-8-12-32(27)40-33/h4-20H,1-2H3/b22-17-. The minimum absolute atomic E-state index is 0.113. The van der Waals surface area contributed by atoms with Gasteiger partial charge >= 0.3 is 0 Å². The number of rotatable bonds is 4. The molecule has 190 valence electrons. The molecule has 4 aromatic carbocycles. The second-order valence-corrected chi connectivity index (χ2v) is 12.6. The molecule has 0 atom stereocenters. The lowest BCUT2D eigenvalue weighted by molar-refractivity contribution is 0.662. The van der Waals surface area contributed by atoms with Crippen molar-refractivity contribution in [3.05, 3.63) is 130 Å². The van der Waals surface area contributed by atoms with Crippen LogP contribution in [-0.4, -0.2) is 0 Å². The number of anilines is 3. The predicted molar refractivity (Wildman–Crippen MR) is 170 cm³/mol. The molecule has 0 amide bonds. The number of nitrogens with zero attached hydrogens (tertiary/aromatic N) is 3. The highest BCUT2D eigenvalue weighted by atomic mass is 32.1. The molecule has 3 nitrogen and oxygen atoms in total. The van der Waals surface area contributed by atoms with Crippen molar-refractivity contribution in [3.8, 4) is 16.5 Å². The summed E-state index contributed by atoms with van der Waals surface area (Å²) < 4.78 is 2.60. The smallest absolute Gasteiger partial charge is 0.263 e. The molecule has 2 heterocycles. The summed E-state index contributed by atoms with van der Waals surface area (Å²) in [5.41, 5.74) is 7.03. The first kappa shape index (κ1) is 24.4. The van der Waals surface area contributed by atoms with E-state index in [2.05, 4.69) is 121 Å². The van der Waals surface area contributed by atoms with E-state index in [0.29, 0.717) is 0 Å². The number of para-hydroxylation sites is 1. The van der Waals surface area contributed by atoms with Gasteiger partial charge in [-0.05, 0) is 77.4 Å². The monoisotopic (exact) mass is 549 g/mol. The van der Waals surface area contributed by atoms with Gasteiger partial charge in [0.2, 0.25) is 0 Å². The maximum atomic E-state index is 9.23. The fraction of sp³-hybridized carbons (Fsp3) is 0.0857. The van der Waals surface area contributed by atoms with Crippen LogP contribution in [0.2, 0.25) is 0 Å². The molecule has 0 spiro atoms. The molecular formula is C35H23N3S2. The maximum absolute atomic E-state index is 9.23. The van der Waals surface area contributed by atoms with Crippen molar-refractivity contribution >= 4 is 66.0 Å². The number of fused-ring (bicyclic) bond motifs is 6. The lowest BCUT2D eigenvalue weighted by Crippen LogP contribution is -2.16. The van der Waals surface area contributed by atoms with E-state index >= 15 is 0 Å². The zero-order chi connectivity index (χ0) is 27.4. The van der Waals surface area contributed by atoms with Gasteiger partial charge < -0.3 is 4.90 Å².